The number of nitrogens with one attached hydrogen (secondary N) is 1. The molecule has 5 rings (SSSR count). The van der Waals surface area contributed by atoms with Crippen LogP contribution in [0.25, 0.3) is 0 Å². The molecule has 2 unspecified atom stereocenters. The van der Waals surface area contributed by atoms with Crippen molar-refractivity contribution in [3.05, 3.63) is 24.3 Å². The van der Waals surface area contributed by atoms with Crippen molar-refractivity contribution >= 4 is 11.8 Å². The summed E-state index contributed by atoms with van der Waals surface area (Å²) in [4.78, 5) is 25.2. The van der Waals surface area contributed by atoms with E-state index in [1.165, 1.54) is 32.0 Å². The quantitative estimate of drug-likeness (QED) is 0.708. The van der Waals surface area contributed by atoms with Crippen molar-refractivity contribution in [2.24, 2.45) is 28.9 Å². The van der Waals surface area contributed by atoms with Crippen LogP contribution in [0, 0.1) is 23.2 Å². The number of amides is 2. The molecular formula is C22H27F3N2O4. The molecule has 2 atom stereocenters. The molecule has 0 radical (unpaired) electrons. The van der Waals surface area contributed by atoms with Gasteiger partial charge in [0.1, 0.15) is 0 Å². The van der Waals surface area contributed by atoms with Crippen LogP contribution in [0.3, 0.4) is 0 Å². The zero-order chi connectivity index (χ0) is 22.6. The topological polar surface area (TPSA) is 90.7 Å². The van der Waals surface area contributed by atoms with Gasteiger partial charge in [-0.25, -0.2) is 0 Å². The van der Waals surface area contributed by atoms with E-state index in [0.29, 0.717) is 18.8 Å². The predicted molar refractivity (Wildman–Crippen MR) is 105 cm³/mol. The number of alkyl halides is 3. The lowest BCUT2D eigenvalue weighted by Crippen LogP contribution is -2.63. The van der Waals surface area contributed by atoms with Crippen molar-refractivity contribution in [3.63, 3.8) is 0 Å². The molecule has 1 aromatic rings. The fourth-order valence-corrected chi connectivity index (χ4v) is 5.95. The second kappa shape index (κ2) is 7.31. The van der Waals surface area contributed by atoms with Gasteiger partial charge < -0.3 is 20.5 Å². The lowest BCUT2D eigenvalue weighted by molar-refractivity contribution is -0.275. The van der Waals surface area contributed by atoms with Gasteiger partial charge in [-0.1, -0.05) is 12.1 Å². The summed E-state index contributed by atoms with van der Waals surface area (Å²) in [7, 11) is 0. The van der Waals surface area contributed by atoms with E-state index in [1.807, 2.05) is 0 Å². The number of hydrogen-bond acceptors (Lipinski definition) is 4. The zero-order valence-electron chi connectivity index (χ0n) is 17.5. The summed E-state index contributed by atoms with van der Waals surface area (Å²) in [6.07, 6.45) is -0.809. The molecule has 1 aromatic carbocycles. The minimum atomic E-state index is -4.87. The number of ether oxygens (including phenoxy) is 2. The SMILES string of the molecule is CC(C)(Oc1ccccc1OC(F)(F)F)C(=O)NC1C2CC3CC1CC(C(N)=O)(C3)C2. The number of para-hydroxylation sites is 2. The van der Waals surface area contributed by atoms with Gasteiger partial charge >= 0.3 is 6.36 Å². The first-order chi connectivity index (χ1) is 14.4. The minimum Gasteiger partial charge on any atom is -0.474 e. The van der Waals surface area contributed by atoms with Gasteiger partial charge in [-0.2, -0.15) is 0 Å². The van der Waals surface area contributed by atoms with Gasteiger partial charge in [-0.15, -0.1) is 13.2 Å². The number of carbonyl (C=O) groups excluding carboxylic acids is 2. The number of hydrogen-bond donors (Lipinski definition) is 2. The molecule has 0 spiro atoms. The smallest absolute Gasteiger partial charge is 0.474 e. The first kappa shape index (κ1) is 21.8. The second-order valence-corrected chi connectivity index (χ2v) is 9.72. The number of benzene rings is 1. The van der Waals surface area contributed by atoms with Crippen molar-refractivity contribution in [2.45, 2.75) is 64.0 Å². The molecule has 0 aromatic heterocycles. The van der Waals surface area contributed by atoms with Crippen molar-refractivity contribution < 1.29 is 32.2 Å². The molecule has 0 saturated heterocycles. The van der Waals surface area contributed by atoms with Gasteiger partial charge in [-0.05, 0) is 75.8 Å². The van der Waals surface area contributed by atoms with E-state index < -0.39 is 29.0 Å². The number of rotatable bonds is 6. The Balaban J connectivity index is 1.47. The molecule has 3 N–H and O–H groups in total. The highest BCUT2D eigenvalue weighted by molar-refractivity contribution is 5.85. The van der Waals surface area contributed by atoms with Crippen LogP contribution in [-0.2, 0) is 9.59 Å². The molecule has 4 aliphatic rings. The summed E-state index contributed by atoms with van der Waals surface area (Å²) in [6, 6.07) is 5.27. The molecule has 9 heteroatoms. The third-order valence-electron chi connectivity index (χ3n) is 7.08. The van der Waals surface area contributed by atoms with Gasteiger partial charge in [0.05, 0.1) is 0 Å². The van der Waals surface area contributed by atoms with Gasteiger partial charge in [0.25, 0.3) is 5.91 Å². The number of primary amides is 1. The van der Waals surface area contributed by atoms with Crippen LogP contribution in [0.2, 0.25) is 0 Å². The largest absolute Gasteiger partial charge is 0.573 e. The van der Waals surface area contributed by atoms with Crippen LogP contribution in [0.1, 0.15) is 46.0 Å². The van der Waals surface area contributed by atoms with Gasteiger partial charge in [0.2, 0.25) is 5.91 Å². The maximum absolute atomic E-state index is 13.1. The number of halogens is 3. The molecule has 0 aliphatic heterocycles. The molecule has 6 nitrogen and oxygen atoms in total. The highest BCUT2D eigenvalue weighted by Crippen LogP contribution is 2.60. The Hall–Kier alpha value is -2.45. The summed E-state index contributed by atoms with van der Waals surface area (Å²) >= 11 is 0. The number of nitrogens with two attached hydrogens (primary N) is 1. The fraction of sp³-hybridized carbons (Fsp3) is 0.636. The molecule has 2 amide bonds. The van der Waals surface area contributed by atoms with E-state index in [9.17, 15) is 22.8 Å². The third-order valence-corrected chi connectivity index (χ3v) is 7.08. The van der Waals surface area contributed by atoms with Gasteiger partial charge in [0.15, 0.2) is 17.1 Å². The van der Waals surface area contributed by atoms with Gasteiger partial charge in [0, 0.05) is 11.5 Å². The highest BCUT2D eigenvalue weighted by Gasteiger charge is 2.58. The monoisotopic (exact) mass is 440 g/mol. The van der Waals surface area contributed by atoms with Crippen LogP contribution in [0.4, 0.5) is 13.2 Å². The van der Waals surface area contributed by atoms with Crippen molar-refractivity contribution in [3.8, 4) is 11.5 Å². The predicted octanol–water partition coefficient (Wildman–Crippen LogP) is 3.54. The normalized spacial score (nSPS) is 31.9. The third kappa shape index (κ3) is 4.19. The fourth-order valence-electron chi connectivity index (χ4n) is 5.95. The van der Waals surface area contributed by atoms with Crippen molar-refractivity contribution in [1.29, 1.82) is 0 Å². The lowest BCUT2D eigenvalue weighted by atomic mass is 9.47. The molecule has 4 saturated carbocycles. The second-order valence-electron chi connectivity index (χ2n) is 9.72. The Morgan fingerprint density at radius 1 is 1.03 bits per heavy atom. The standard InChI is InChI=1S/C22H27F3N2O4/c1-20(2,30-15-5-3-4-6-16(15)31-22(23,24)25)19(29)27-17-13-7-12-8-14(17)11-21(9-12,10-13)18(26)28/h3-6,12-14,17H,7-11H2,1-2H3,(H2,26,28)(H,27,29). The van der Waals surface area contributed by atoms with Crippen molar-refractivity contribution in [1.82, 2.24) is 5.32 Å². The van der Waals surface area contributed by atoms with E-state index in [2.05, 4.69) is 10.1 Å². The Bertz CT molecular complexity index is 870. The maximum atomic E-state index is 13.1. The van der Waals surface area contributed by atoms with Crippen LogP contribution in [0.5, 0.6) is 11.5 Å². The zero-order valence-corrected chi connectivity index (χ0v) is 17.5. The summed E-state index contributed by atoms with van der Waals surface area (Å²) in [5.74, 6) is -0.555. The van der Waals surface area contributed by atoms with Crippen molar-refractivity contribution in [2.75, 3.05) is 0 Å². The lowest BCUT2D eigenvalue weighted by Gasteiger charge is -2.59. The summed E-state index contributed by atoms with van der Waals surface area (Å²) in [5.41, 5.74) is 3.82. The average Bonchev–Trinajstić information content (AvgIpc) is 2.64. The average molecular weight is 440 g/mol. The van der Waals surface area contributed by atoms with Gasteiger partial charge in [-0.3, -0.25) is 9.59 Å². The van der Waals surface area contributed by atoms with Crippen LogP contribution < -0.4 is 20.5 Å². The Kier molecular flexibility index (Phi) is 5.13. The summed E-state index contributed by atoms with van der Waals surface area (Å²) in [5, 5.41) is 3.07. The Morgan fingerprint density at radius 3 is 2.10 bits per heavy atom. The van der Waals surface area contributed by atoms with E-state index in [-0.39, 0.29) is 29.5 Å². The van der Waals surface area contributed by atoms with Crippen LogP contribution >= 0.6 is 0 Å². The van der Waals surface area contributed by atoms with Crippen LogP contribution in [0.15, 0.2) is 24.3 Å². The number of carbonyl (C=O) groups is 2. The Labute approximate surface area is 178 Å². The van der Waals surface area contributed by atoms with Crippen LogP contribution in [-0.4, -0.2) is 29.8 Å². The molecule has 4 fully saturated rings. The molecule has 170 valence electrons. The maximum Gasteiger partial charge on any atom is 0.573 e. The highest BCUT2D eigenvalue weighted by atomic mass is 19.4. The molecule has 0 heterocycles. The summed E-state index contributed by atoms with van der Waals surface area (Å²) < 4.78 is 47.8. The molecular weight excluding hydrogens is 413 g/mol. The van der Waals surface area contributed by atoms with E-state index in [0.717, 1.165) is 25.3 Å². The van der Waals surface area contributed by atoms with E-state index in [4.69, 9.17) is 10.5 Å². The van der Waals surface area contributed by atoms with E-state index >= 15 is 0 Å². The Morgan fingerprint density at radius 2 is 1.58 bits per heavy atom. The first-order valence-corrected chi connectivity index (χ1v) is 10.5. The van der Waals surface area contributed by atoms with E-state index in [1.54, 1.807) is 0 Å². The first-order valence-electron chi connectivity index (χ1n) is 10.5. The minimum absolute atomic E-state index is 0.0962. The molecule has 4 aliphatic carbocycles. The molecule has 31 heavy (non-hydrogen) atoms. The molecule has 4 bridgehead atoms. The summed E-state index contributed by atoms with van der Waals surface area (Å²) in [6.45, 7) is 3.02.